The van der Waals surface area contributed by atoms with E-state index in [0.29, 0.717) is 5.92 Å². The van der Waals surface area contributed by atoms with Gasteiger partial charge in [0.15, 0.2) is 5.54 Å². The Kier molecular flexibility index (Phi) is 5.19. The van der Waals surface area contributed by atoms with Crippen molar-refractivity contribution in [2.45, 2.75) is 77.4 Å². The largest absolute Gasteiger partial charge is 0.405 e. The van der Waals surface area contributed by atoms with Crippen LogP contribution in [0.1, 0.15) is 63.6 Å². The fourth-order valence-electron chi connectivity index (χ4n) is 6.70. The van der Waals surface area contributed by atoms with Crippen LogP contribution in [0.15, 0.2) is 23.2 Å². The number of amidine groups is 1. The molecule has 1 aliphatic heterocycles. The summed E-state index contributed by atoms with van der Waals surface area (Å²) in [7, 11) is 1.76. The molecule has 4 N–H and O–H groups in total. The molecule has 1 aromatic rings. The Balaban J connectivity index is 1.85. The van der Waals surface area contributed by atoms with Gasteiger partial charge < -0.3 is 25.4 Å². The van der Waals surface area contributed by atoms with Gasteiger partial charge in [-0.05, 0) is 66.5 Å². The van der Waals surface area contributed by atoms with Crippen LogP contribution in [-0.2, 0) is 27.9 Å². The molecule has 6 heteroatoms. The fraction of sp³-hybridized carbons (Fsp3) is 0.708. The summed E-state index contributed by atoms with van der Waals surface area (Å²) in [5.41, 5.74) is 7.27. The summed E-state index contributed by atoms with van der Waals surface area (Å²) in [5, 5.41) is 22.4. The van der Waals surface area contributed by atoms with Crippen LogP contribution in [-0.4, -0.2) is 35.4 Å². The minimum atomic E-state index is -2.47. The number of aliphatic imine (C=N–C) groups is 1. The average molecular weight is 417 g/mol. The Morgan fingerprint density at radius 1 is 1.23 bits per heavy atom. The van der Waals surface area contributed by atoms with E-state index in [1.54, 1.807) is 7.11 Å². The summed E-state index contributed by atoms with van der Waals surface area (Å²) in [6, 6.07) is 6.26. The quantitative estimate of drug-likeness (QED) is 0.656. The lowest BCUT2D eigenvalue weighted by Crippen LogP contribution is -2.60. The third-order valence-corrected chi connectivity index (χ3v) is 7.69. The van der Waals surface area contributed by atoms with Gasteiger partial charge in [0.25, 0.3) is 6.02 Å². The minimum absolute atomic E-state index is 0.133. The molecule has 3 aliphatic rings. The normalized spacial score (nSPS) is 36.9. The molecule has 0 amide bonds. The molecule has 2 spiro atoms. The second-order valence-corrected chi connectivity index (χ2v) is 10.3. The topological polar surface area (TPSA) is 97.3 Å². The standard InChI is InChI=1S/C24H36N2O4/c1-14(2)6-7-17-8-9-18-13-22(11-15(3)20(29-5)16(4)12-22)23(19(18)10-17)24(27,28)30-21(25)26-23/h8-10,14-16,20,27-28H,6-7,11-13H2,1-5H3,(H2,25,26)/t15-,16+,20?,22?,23?. The fourth-order valence-corrected chi connectivity index (χ4v) is 6.70. The van der Waals surface area contributed by atoms with Gasteiger partial charge in [-0.15, -0.1) is 0 Å². The van der Waals surface area contributed by atoms with Gasteiger partial charge >= 0.3 is 5.97 Å². The highest BCUT2D eigenvalue weighted by atomic mass is 16.8. The van der Waals surface area contributed by atoms with Gasteiger partial charge in [0.1, 0.15) is 0 Å². The van der Waals surface area contributed by atoms with Crippen LogP contribution in [0.4, 0.5) is 0 Å². The van der Waals surface area contributed by atoms with Crippen LogP contribution in [0.2, 0.25) is 0 Å². The molecule has 4 rings (SSSR count). The van der Waals surface area contributed by atoms with Crippen molar-refractivity contribution in [1.29, 1.82) is 0 Å². The van der Waals surface area contributed by atoms with Crippen molar-refractivity contribution in [2.24, 2.45) is 33.9 Å². The van der Waals surface area contributed by atoms with Crippen molar-refractivity contribution in [1.82, 2.24) is 0 Å². The highest BCUT2D eigenvalue weighted by molar-refractivity contribution is 5.76. The van der Waals surface area contributed by atoms with Crippen LogP contribution >= 0.6 is 0 Å². The number of benzene rings is 1. The molecular weight excluding hydrogens is 380 g/mol. The first-order chi connectivity index (χ1) is 14.0. The van der Waals surface area contributed by atoms with Crippen LogP contribution < -0.4 is 5.73 Å². The lowest BCUT2D eigenvalue weighted by molar-refractivity contribution is -0.349. The van der Waals surface area contributed by atoms with Gasteiger partial charge in [-0.2, -0.15) is 0 Å². The molecule has 1 heterocycles. The Labute approximate surface area is 179 Å². The number of methoxy groups -OCH3 is 1. The van der Waals surface area contributed by atoms with Crippen LogP contribution in [0, 0.1) is 23.2 Å². The Morgan fingerprint density at radius 2 is 1.90 bits per heavy atom. The van der Waals surface area contributed by atoms with Gasteiger partial charge in [-0.3, -0.25) is 0 Å². The van der Waals surface area contributed by atoms with Gasteiger partial charge in [0.05, 0.1) is 6.10 Å². The van der Waals surface area contributed by atoms with E-state index in [-0.39, 0.29) is 24.0 Å². The van der Waals surface area contributed by atoms with Gasteiger partial charge in [0, 0.05) is 12.5 Å². The third kappa shape index (κ3) is 2.99. The molecule has 3 unspecified atom stereocenters. The summed E-state index contributed by atoms with van der Waals surface area (Å²) in [4.78, 5) is 4.68. The first-order valence-electron chi connectivity index (χ1n) is 11.2. The van der Waals surface area contributed by atoms with Crippen molar-refractivity contribution >= 4 is 6.02 Å². The molecule has 166 valence electrons. The zero-order valence-corrected chi connectivity index (χ0v) is 18.8. The van der Waals surface area contributed by atoms with E-state index in [2.05, 4.69) is 50.9 Å². The molecular formula is C24H36N2O4. The summed E-state index contributed by atoms with van der Waals surface area (Å²) in [6.45, 7) is 8.78. The maximum Gasteiger partial charge on any atom is 0.356 e. The maximum absolute atomic E-state index is 11.2. The number of rotatable bonds is 4. The summed E-state index contributed by atoms with van der Waals surface area (Å²) < 4.78 is 11.1. The first-order valence-corrected chi connectivity index (χ1v) is 11.2. The van der Waals surface area contributed by atoms with Gasteiger partial charge in [-0.25, -0.2) is 4.99 Å². The molecule has 0 saturated heterocycles. The highest BCUT2D eigenvalue weighted by Gasteiger charge is 2.73. The number of ether oxygens (including phenoxy) is 2. The lowest BCUT2D eigenvalue weighted by Gasteiger charge is -2.52. The molecule has 0 radical (unpaired) electrons. The van der Waals surface area contributed by atoms with Crippen molar-refractivity contribution in [3.05, 3.63) is 34.9 Å². The smallest absolute Gasteiger partial charge is 0.356 e. The monoisotopic (exact) mass is 416 g/mol. The molecule has 5 atom stereocenters. The molecule has 6 nitrogen and oxygen atoms in total. The van der Waals surface area contributed by atoms with Crippen LogP contribution in [0.3, 0.4) is 0 Å². The van der Waals surface area contributed by atoms with E-state index in [9.17, 15) is 10.2 Å². The van der Waals surface area contributed by atoms with Crippen LogP contribution in [0.5, 0.6) is 0 Å². The number of nitrogens with two attached hydrogens (primary N) is 1. The SMILES string of the molecule is COC1[C@H](C)CC2(Cc3ccc(CCC(C)C)cc3C23N=C(N)OC3(O)O)C[C@@H]1C. The Morgan fingerprint density at radius 3 is 2.43 bits per heavy atom. The van der Waals surface area contributed by atoms with Gasteiger partial charge in [0.2, 0.25) is 0 Å². The van der Waals surface area contributed by atoms with E-state index >= 15 is 0 Å². The third-order valence-electron chi connectivity index (χ3n) is 7.69. The number of fused-ring (bicyclic) bond motifs is 3. The van der Waals surface area contributed by atoms with E-state index in [4.69, 9.17) is 15.2 Å². The summed E-state index contributed by atoms with van der Waals surface area (Å²) in [6.07, 6.45) is 4.39. The van der Waals surface area contributed by atoms with E-state index in [1.807, 2.05) is 0 Å². The van der Waals surface area contributed by atoms with Crippen molar-refractivity contribution in [2.75, 3.05) is 7.11 Å². The first kappa shape index (κ1) is 21.6. The number of nitrogens with zero attached hydrogens (tertiary/aromatic N) is 1. The molecule has 1 fully saturated rings. The predicted molar refractivity (Wildman–Crippen MR) is 116 cm³/mol. The predicted octanol–water partition coefficient (Wildman–Crippen LogP) is 3.08. The van der Waals surface area contributed by atoms with Crippen LogP contribution in [0.25, 0.3) is 0 Å². The molecule has 0 bridgehead atoms. The second kappa shape index (κ2) is 7.21. The number of hydrogen-bond acceptors (Lipinski definition) is 6. The number of aryl methyl sites for hydroxylation is 1. The second-order valence-electron chi connectivity index (χ2n) is 10.3. The number of aliphatic hydroxyl groups is 2. The minimum Gasteiger partial charge on any atom is -0.405 e. The maximum atomic E-state index is 11.2. The average Bonchev–Trinajstić information content (AvgIpc) is 3.04. The molecule has 1 saturated carbocycles. The molecule has 1 aromatic carbocycles. The zero-order valence-electron chi connectivity index (χ0n) is 18.8. The highest BCUT2D eigenvalue weighted by Crippen LogP contribution is 2.66. The molecule has 2 aliphatic carbocycles. The molecule has 30 heavy (non-hydrogen) atoms. The number of hydrogen-bond donors (Lipinski definition) is 3. The Bertz CT molecular complexity index is 838. The van der Waals surface area contributed by atoms with E-state index in [0.717, 1.165) is 43.2 Å². The Hall–Kier alpha value is -1.63. The van der Waals surface area contributed by atoms with E-state index in [1.165, 1.54) is 5.56 Å². The van der Waals surface area contributed by atoms with E-state index < -0.39 is 16.9 Å². The van der Waals surface area contributed by atoms with Gasteiger partial charge in [-0.1, -0.05) is 45.9 Å². The summed E-state index contributed by atoms with van der Waals surface area (Å²) >= 11 is 0. The summed E-state index contributed by atoms with van der Waals surface area (Å²) in [5.74, 6) is -1.38. The van der Waals surface area contributed by atoms with Crippen molar-refractivity contribution in [3.8, 4) is 0 Å². The zero-order chi connectivity index (χ0) is 21.9. The molecule has 0 aromatic heterocycles. The lowest BCUT2D eigenvalue weighted by atomic mass is 9.56. The van der Waals surface area contributed by atoms with Crippen molar-refractivity contribution < 1.29 is 19.7 Å². The van der Waals surface area contributed by atoms with Crippen molar-refractivity contribution in [3.63, 3.8) is 0 Å².